The van der Waals surface area contributed by atoms with Crippen molar-refractivity contribution in [3.8, 4) is 0 Å². The van der Waals surface area contributed by atoms with Crippen LogP contribution in [0.2, 0.25) is 0 Å². The van der Waals surface area contributed by atoms with Crippen molar-refractivity contribution in [1.82, 2.24) is 16.0 Å². The first-order valence-electron chi connectivity index (χ1n) is 7.48. The second kappa shape index (κ2) is 8.68. The second-order valence-corrected chi connectivity index (χ2v) is 6.16. The molecule has 2 amide bonds. The monoisotopic (exact) mass is 330 g/mol. The lowest BCUT2D eigenvalue weighted by atomic mass is 10.0. The summed E-state index contributed by atoms with van der Waals surface area (Å²) >= 11 is 0. The Morgan fingerprint density at radius 3 is 2.74 bits per heavy atom. The molecule has 0 bridgehead atoms. The van der Waals surface area contributed by atoms with Gasteiger partial charge in [-0.25, -0.2) is 4.79 Å². The van der Waals surface area contributed by atoms with Gasteiger partial charge in [0.2, 0.25) is 5.91 Å². The summed E-state index contributed by atoms with van der Waals surface area (Å²) in [5.41, 5.74) is 0.0140. The number of aliphatic hydroxyl groups is 1. The van der Waals surface area contributed by atoms with Gasteiger partial charge in [0, 0.05) is 19.5 Å². The average molecular weight is 330 g/mol. The fourth-order valence-corrected chi connectivity index (χ4v) is 2.03. The van der Waals surface area contributed by atoms with Crippen LogP contribution in [0.15, 0.2) is 5.16 Å². The Kier molecular flexibility index (Phi) is 7.24. The summed E-state index contributed by atoms with van der Waals surface area (Å²) in [5, 5.41) is 21.4. The molecule has 0 aromatic rings. The lowest BCUT2D eigenvalue weighted by Crippen LogP contribution is -2.57. The molecule has 0 aromatic heterocycles. The lowest BCUT2D eigenvalue weighted by Gasteiger charge is -2.27. The summed E-state index contributed by atoms with van der Waals surface area (Å²) in [4.78, 5) is 28.7. The van der Waals surface area contributed by atoms with Crippen molar-refractivity contribution in [3.63, 3.8) is 0 Å². The maximum Gasteiger partial charge on any atom is 0.408 e. The number of piperidine rings is 1. The Bertz CT molecular complexity index is 447. The summed E-state index contributed by atoms with van der Waals surface area (Å²) in [6, 6.07) is -1.46. The molecule has 1 fully saturated rings. The van der Waals surface area contributed by atoms with Crippen LogP contribution in [0, 0.1) is 0 Å². The molecule has 0 aromatic carbocycles. The number of alkyl carbamates (subject to hydrolysis) is 1. The van der Waals surface area contributed by atoms with Gasteiger partial charge in [-0.2, -0.15) is 0 Å². The third-order valence-electron chi connectivity index (χ3n) is 3.02. The quantitative estimate of drug-likeness (QED) is 0.497. The molecule has 1 aliphatic rings. The SMILES string of the molecule is CON=C1CCNCC1NC(=O)[C@H](CO)NC(=O)OC(C)(C)C. The van der Waals surface area contributed by atoms with Crippen molar-refractivity contribution in [3.05, 3.63) is 0 Å². The van der Waals surface area contributed by atoms with Crippen LogP contribution in [0.25, 0.3) is 0 Å². The van der Waals surface area contributed by atoms with E-state index in [4.69, 9.17) is 9.57 Å². The van der Waals surface area contributed by atoms with Gasteiger partial charge < -0.3 is 30.6 Å². The van der Waals surface area contributed by atoms with E-state index in [1.807, 2.05) is 0 Å². The number of amides is 2. The maximum atomic E-state index is 12.2. The Morgan fingerprint density at radius 1 is 1.48 bits per heavy atom. The third-order valence-corrected chi connectivity index (χ3v) is 3.02. The predicted octanol–water partition coefficient (Wildman–Crippen LogP) is -0.647. The van der Waals surface area contributed by atoms with E-state index in [-0.39, 0.29) is 6.04 Å². The minimum absolute atomic E-state index is 0.356. The summed E-state index contributed by atoms with van der Waals surface area (Å²) in [6.07, 6.45) is -0.124. The van der Waals surface area contributed by atoms with E-state index in [1.54, 1.807) is 20.8 Å². The third kappa shape index (κ3) is 6.83. The van der Waals surface area contributed by atoms with Gasteiger partial charge >= 0.3 is 6.09 Å². The molecule has 0 aliphatic carbocycles. The Morgan fingerprint density at radius 2 is 2.17 bits per heavy atom. The standard InChI is InChI=1S/C14H26N4O5/c1-14(2,3)23-13(21)17-11(8-19)12(20)16-10-7-15-6-5-9(10)18-22-4/h10-11,15,19H,5-8H2,1-4H3,(H,16,20)(H,17,21)/t10?,11-/m0/s1. The van der Waals surface area contributed by atoms with Crippen LogP contribution in [0.3, 0.4) is 0 Å². The van der Waals surface area contributed by atoms with Gasteiger partial charge in [-0.3, -0.25) is 4.79 Å². The molecule has 0 spiro atoms. The first-order valence-corrected chi connectivity index (χ1v) is 7.48. The van der Waals surface area contributed by atoms with E-state index < -0.39 is 30.3 Å². The summed E-state index contributed by atoms with van der Waals surface area (Å²) in [6.45, 7) is 5.83. The molecule has 4 N–H and O–H groups in total. The van der Waals surface area contributed by atoms with Crippen molar-refractivity contribution in [2.45, 2.75) is 44.9 Å². The minimum atomic E-state index is -1.10. The second-order valence-electron chi connectivity index (χ2n) is 6.16. The van der Waals surface area contributed by atoms with Gasteiger partial charge in [-0.1, -0.05) is 5.16 Å². The van der Waals surface area contributed by atoms with Crippen molar-refractivity contribution in [2.24, 2.45) is 5.16 Å². The smallest absolute Gasteiger partial charge is 0.408 e. The van der Waals surface area contributed by atoms with Crippen molar-refractivity contribution >= 4 is 17.7 Å². The molecule has 0 saturated carbocycles. The maximum absolute atomic E-state index is 12.2. The van der Waals surface area contributed by atoms with Crippen LogP contribution in [0.1, 0.15) is 27.2 Å². The number of rotatable bonds is 5. The van der Waals surface area contributed by atoms with Gasteiger partial charge in [0.1, 0.15) is 18.8 Å². The van der Waals surface area contributed by atoms with Crippen LogP contribution in [-0.4, -0.2) is 67.3 Å². The van der Waals surface area contributed by atoms with Crippen molar-refractivity contribution in [2.75, 3.05) is 26.8 Å². The van der Waals surface area contributed by atoms with Gasteiger partial charge in [0.25, 0.3) is 0 Å². The zero-order chi connectivity index (χ0) is 17.5. The van der Waals surface area contributed by atoms with Crippen LogP contribution in [-0.2, 0) is 14.4 Å². The van der Waals surface area contributed by atoms with Gasteiger partial charge in [-0.05, 0) is 20.8 Å². The lowest BCUT2D eigenvalue weighted by molar-refractivity contribution is -0.124. The normalized spacial score (nSPS) is 21.4. The summed E-state index contributed by atoms with van der Waals surface area (Å²) < 4.78 is 5.07. The zero-order valence-electron chi connectivity index (χ0n) is 14.0. The highest BCUT2D eigenvalue weighted by Crippen LogP contribution is 2.07. The molecule has 1 saturated heterocycles. The van der Waals surface area contributed by atoms with E-state index in [0.717, 1.165) is 6.54 Å². The highest BCUT2D eigenvalue weighted by molar-refractivity contribution is 5.95. The largest absolute Gasteiger partial charge is 0.444 e. The number of nitrogens with one attached hydrogen (secondary N) is 3. The highest BCUT2D eigenvalue weighted by atomic mass is 16.6. The molecule has 0 radical (unpaired) electrons. The number of hydrogen-bond acceptors (Lipinski definition) is 7. The number of hydrogen-bond donors (Lipinski definition) is 4. The van der Waals surface area contributed by atoms with Gasteiger partial charge in [-0.15, -0.1) is 0 Å². The average Bonchev–Trinajstić information content (AvgIpc) is 2.45. The molecule has 1 rings (SSSR count). The van der Waals surface area contributed by atoms with E-state index >= 15 is 0 Å². The Hall–Kier alpha value is -1.87. The Labute approximate surface area is 135 Å². The number of oxime groups is 1. The van der Waals surface area contributed by atoms with E-state index in [1.165, 1.54) is 7.11 Å². The van der Waals surface area contributed by atoms with Gasteiger partial charge in [0.05, 0.1) is 18.4 Å². The fraction of sp³-hybridized carbons (Fsp3) is 0.786. The van der Waals surface area contributed by atoms with Crippen LogP contribution >= 0.6 is 0 Å². The molecule has 9 nitrogen and oxygen atoms in total. The topological polar surface area (TPSA) is 121 Å². The summed E-state index contributed by atoms with van der Waals surface area (Å²) in [5.74, 6) is -0.518. The van der Waals surface area contributed by atoms with Gasteiger partial charge in [0.15, 0.2) is 0 Å². The molecule has 2 atom stereocenters. The fourth-order valence-electron chi connectivity index (χ4n) is 2.03. The molecular formula is C14H26N4O5. The number of carbonyl (C=O) groups excluding carboxylic acids is 2. The first kappa shape index (κ1) is 19.2. The van der Waals surface area contributed by atoms with Crippen LogP contribution < -0.4 is 16.0 Å². The van der Waals surface area contributed by atoms with Crippen molar-refractivity contribution < 1.29 is 24.3 Å². The number of carbonyl (C=O) groups is 2. The van der Waals surface area contributed by atoms with E-state index in [2.05, 4.69) is 21.1 Å². The number of nitrogens with zero attached hydrogens (tertiary/aromatic N) is 1. The molecule has 1 aliphatic heterocycles. The highest BCUT2D eigenvalue weighted by Gasteiger charge is 2.28. The van der Waals surface area contributed by atoms with E-state index in [9.17, 15) is 14.7 Å². The first-order chi connectivity index (χ1) is 10.8. The molecule has 1 heterocycles. The van der Waals surface area contributed by atoms with Crippen LogP contribution in [0.5, 0.6) is 0 Å². The Balaban J connectivity index is 2.62. The zero-order valence-corrected chi connectivity index (χ0v) is 14.0. The number of ether oxygens (including phenoxy) is 1. The summed E-state index contributed by atoms with van der Waals surface area (Å²) in [7, 11) is 1.44. The van der Waals surface area contributed by atoms with Crippen molar-refractivity contribution in [1.29, 1.82) is 0 Å². The minimum Gasteiger partial charge on any atom is -0.444 e. The van der Waals surface area contributed by atoms with E-state index in [0.29, 0.717) is 18.7 Å². The number of aliphatic hydroxyl groups excluding tert-OH is 1. The molecule has 132 valence electrons. The molecular weight excluding hydrogens is 304 g/mol. The molecule has 1 unspecified atom stereocenters. The van der Waals surface area contributed by atoms with Crippen LogP contribution in [0.4, 0.5) is 4.79 Å². The predicted molar refractivity (Wildman–Crippen MR) is 84.1 cm³/mol. The molecule has 9 heteroatoms. The molecule has 23 heavy (non-hydrogen) atoms.